The van der Waals surface area contributed by atoms with E-state index in [1.807, 2.05) is 0 Å². The van der Waals surface area contributed by atoms with E-state index in [4.69, 9.17) is 9.47 Å². The van der Waals surface area contributed by atoms with Crippen LogP contribution in [-0.2, 0) is 14.3 Å². The largest absolute Gasteiger partial charge is 0.459 e. The highest BCUT2D eigenvalue weighted by Gasteiger charge is 2.06. The number of aromatic nitrogens is 2. The number of hydrogen-bond acceptors (Lipinski definition) is 5. The molecule has 17 heavy (non-hydrogen) atoms. The van der Waals surface area contributed by atoms with Crippen LogP contribution in [0.15, 0.2) is 24.5 Å². The Morgan fingerprint density at radius 1 is 1.47 bits per heavy atom. The number of aromatic amines is 1. The van der Waals surface area contributed by atoms with Gasteiger partial charge in [-0.1, -0.05) is 6.58 Å². The molecule has 1 rings (SSSR count). The second kappa shape index (κ2) is 6.31. The van der Waals surface area contributed by atoms with Crippen molar-refractivity contribution in [3.63, 3.8) is 0 Å². The Hall–Kier alpha value is -2.31. The van der Waals surface area contributed by atoms with Gasteiger partial charge < -0.3 is 14.5 Å². The van der Waals surface area contributed by atoms with Gasteiger partial charge >= 0.3 is 12.1 Å². The molecule has 1 aromatic heterocycles. The SMILES string of the molecule is C=C(C)C(=O)OCCOC(=O)Nc1ncc[nH]1. The molecule has 0 aromatic carbocycles. The molecule has 0 aliphatic carbocycles. The summed E-state index contributed by atoms with van der Waals surface area (Å²) < 4.78 is 9.45. The highest BCUT2D eigenvalue weighted by Crippen LogP contribution is 1.96. The number of rotatable bonds is 5. The number of ether oxygens (including phenoxy) is 2. The normalized spacial score (nSPS) is 9.47. The van der Waals surface area contributed by atoms with Gasteiger partial charge in [0, 0.05) is 18.0 Å². The molecule has 0 saturated heterocycles. The van der Waals surface area contributed by atoms with Crippen LogP contribution < -0.4 is 5.32 Å². The van der Waals surface area contributed by atoms with Gasteiger partial charge in [-0.05, 0) is 6.92 Å². The third-order valence-electron chi connectivity index (χ3n) is 1.62. The fraction of sp³-hybridized carbons (Fsp3) is 0.300. The highest BCUT2D eigenvalue weighted by molar-refractivity contribution is 5.87. The molecule has 92 valence electrons. The van der Waals surface area contributed by atoms with E-state index in [0.29, 0.717) is 5.57 Å². The van der Waals surface area contributed by atoms with Crippen LogP contribution in [0, 0.1) is 0 Å². The van der Waals surface area contributed by atoms with Gasteiger partial charge in [-0.25, -0.2) is 14.6 Å². The van der Waals surface area contributed by atoms with E-state index in [9.17, 15) is 9.59 Å². The number of hydrogen-bond donors (Lipinski definition) is 2. The number of carbonyl (C=O) groups is 2. The molecule has 0 saturated carbocycles. The van der Waals surface area contributed by atoms with E-state index in [2.05, 4.69) is 21.9 Å². The lowest BCUT2D eigenvalue weighted by Gasteiger charge is -2.06. The van der Waals surface area contributed by atoms with Crippen LogP contribution in [0.25, 0.3) is 0 Å². The summed E-state index contributed by atoms with van der Waals surface area (Å²) in [6.07, 6.45) is 2.38. The van der Waals surface area contributed by atoms with Crippen molar-refractivity contribution >= 4 is 18.0 Å². The molecule has 0 aliphatic rings. The van der Waals surface area contributed by atoms with Gasteiger partial charge in [-0.3, -0.25) is 5.32 Å². The van der Waals surface area contributed by atoms with E-state index in [1.54, 1.807) is 6.20 Å². The molecule has 1 amide bonds. The van der Waals surface area contributed by atoms with E-state index in [1.165, 1.54) is 13.1 Å². The average Bonchev–Trinajstić information content (AvgIpc) is 2.76. The van der Waals surface area contributed by atoms with Crippen molar-refractivity contribution in [2.75, 3.05) is 18.5 Å². The monoisotopic (exact) mass is 239 g/mol. The quantitative estimate of drug-likeness (QED) is 0.455. The first kappa shape index (κ1) is 12.8. The predicted molar refractivity (Wildman–Crippen MR) is 59.3 cm³/mol. The Labute approximate surface area is 97.8 Å². The van der Waals surface area contributed by atoms with Crippen molar-refractivity contribution in [2.45, 2.75) is 6.92 Å². The number of esters is 1. The molecular formula is C10H13N3O4. The Morgan fingerprint density at radius 2 is 2.18 bits per heavy atom. The van der Waals surface area contributed by atoms with Crippen molar-refractivity contribution < 1.29 is 19.1 Å². The predicted octanol–water partition coefficient (Wildman–Crippen LogP) is 1.08. The van der Waals surface area contributed by atoms with Gasteiger partial charge in [0.25, 0.3) is 0 Å². The molecular weight excluding hydrogens is 226 g/mol. The lowest BCUT2D eigenvalue weighted by atomic mass is 10.4. The molecule has 0 unspecified atom stereocenters. The van der Waals surface area contributed by atoms with Crippen LogP contribution in [0.5, 0.6) is 0 Å². The first-order chi connectivity index (χ1) is 8.09. The van der Waals surface area contributed by atoms with Gasteiger partial charge in [-0.2, -0.15) is 0 Å². The number of amides is 1. The lowest BCUT2D eigenvalue weighted by molar-refractivity contribution is -0.139. The van der Waals surface area contributed by atoms with E-state index < -0.39 is 12.1 Å². The first-order valence-corrected chi connectivity index (χ1v) is 4.85. The zero-order valence-corrected chi connectivity index (χ0v) is 9.36. The summed E-state index contributed by atoms with van der Waals surface area (Å²) in [4.78, 5) is 28.5. The zero-order valence-electron chi connectivity index (χ0n) is 9.36. The molecule has 0 fully saturated rings. The van der Waals surface area contributed by atoms with Crippen LogP contribution in [0.4, 0.5) is 10.7 Å². The lowest BCUT2D eigenvalue weighted by Crippen LogP contribution is -2.18. The van der Waals surface area contributed by atoms with E-state index in [-0.39, 0.29) is 19.2 Å². The summed E-state index contributed by atoms with van der Waals surface area (Å²) in [6, 6.07) is 0. The Kier molecular flexibility index (Phi) is 4.74. The maximum atomic E-state index is 11.1. The van der Waals surface area contributed by atoms with Crippen molar-refractivity contribution in [1.29, 1.82) is 0 Å². The number of anilines is 1. The summed E-state index contributed by atoms with van der Waals surface area (Å²) in [5.74, 6) is -0.228. The van der Waals surface area contributed by atoms with Crippen LogP contribution >= 0.6 is 0 Å². The minimum Gasteiger partial charge on any atom is -0.459 e. The van der Waals surface area contributed by atoms with Crippen molar-refractivity contribution in [1.82, 2.24) is 9.97 Å². The fourth-order valence-electron chi connectivity index (χ4n) is 0.858. The summed E-state index contributed by atoms with van der Waals surface area (Å²) in [5, 5.41) is 2.35. The molecule has 7 nitrogen and oxygen atoms in total. The standard InChI is InChI=1S/C10H13N3O4/c1-7(2)8(14)16-5-6-17-10(15)13-9-11-3-4-12-9/h3-4H,1,5-6H2,2H3,(H2,11,12,13,15). The van der Waals surface area contributed by atoms with Crippen molar-refractivity contribution in [3.05, 3.63) is 24.5 Å². The second-order valence-electron chi connectivity index (χ2n) is 3.11. The molecule has 0 aliphatic heterocycles. The second-order valence-corrected chi connectivity index (χ2v) is 3.11. The minimum atomic E-state index is -0.675. The number of carbonyl (C=O) groups excluding carboxylic acids is 2. The Balaban J connectivity index is 2.12. The van der Waals surface area contributed by atoms with Gasteiger partial charge in [-0.15, -0.1) is 0 Å². The van der Waals surface area contributed by atoms with Gasteiger partial charge in [0.1, 0.15) is 13.2 Å². The summed E-state index contributed by atoms with van der Waals surface area (Å²) >= 11 is 0. The first-order valence-electron chi connectivity index (χ1n) is 4.85. The Morgan fingerprint density at radius 3 is 2.76 bits per heavy atom. The number of H-pyrrole nitrogens is 1. The maximum Gasteiger partial charge on any atom is 0.414 e. The van der Waals surface area contributed by atoms with Crippen LogP contribution in [0.3, 0.4) is 0 Å². The number of nitrogens with zero attached hydrogens (tertiary/aromatic N) is 1. The molecule has 0 bridgehead atoms. The number of imidazole rings is 1. The fourth-order valence-corrected chi connectivity index (χ4v) is 0.858. The molecule has 0 atom stereocenters. The van der Waals surface area contributed by atoms with Gasteiger partial charge in [0.2, 0.25) is 5.95 Å². The molecule has 0 radical (unpaired) electrons. The summed E-state index contributed by atoms with van der Waals surface area (Å²) in [5.41, 5.74) is 0.296. The third kappa shape index (κ3) is 4.83. The summed E-state index contributed by atoms with van der Waals surface area (Å²) in [6.45, 7) is 4.89. The molecule has 7 heteroatoms. The van der Waals surface area contributed by atoms with E-state index in [0.717, 1.165) is 0 Å². The average molecular weight is 239 g/mol. The van der Waals surface area contributed by atoms with Gasteiger partial charge in [0.15, 0.2) is 0 Å². The molecule has 1 heterocycles. The minimum absolute atomic E-state index is 0.0166. The topological polar surface area (TPSA) is 93.3 Å². The van der Waals surface area contributed by atoms with Crippen molar-refractivity contribution in [3.8, 4) is 0 Å². The highest BCUT2D eigenvalue weighted by atomic mass is 16.6. The number of nitrogens with one attached hydrogen (secondary N) is 2. The maximum absolute atomic E-state index is 11.1. The smallest absolute Gasteiger partial charge is 0.414 e. The van der Waals surface area contributed by atoms with Crippen LogP contribution in [0.1, 0.15) is 6.92 Å². The molecule has 1 aromatic rings. The zero-order chi connectivity index (χ0) is 12.7. The molecule has 2 N–H and O–H groups in total. The Bertz CT molecular complexity index is 400. The van der Waals surface area contributed by atoms with Gasteiger partial charge in [0.05, 0.1) is 0 Å². The van der Waals surface area contributed by atoms with Crippen LogP contribution in [0.2, 0.25) is 0 Å². The van der Waals surface area contributed by atoms with Crippen LogP contribution in [-0.4, -0.2) is 35.2 Å². The van der Waals surface area contributed by atoms with E-state index >= 15 is 0 Å². The molecule has 0 spiro atoms. The third-order valence-corrected chi connectivity index (χ3v) is 1.62. The van der Waals surface area contributed by atoms with Crippen molar-refractivity contribution in [2.24, 2.45) is 0 Å². The summed E-state index contributed by atoms with van der Waals surface area (Å²) in [7, 11) is 0.